The lowest BCUT2D eigenvalue weighted by Crippen LogP contribution is -2.49. The molecule has 0 bridgehead atoms. The fourth-order valence-electron chi connectivity index (χ4n) is 17.0. The normalized spacial score (nSPS) is 16.4. The second-order valence-corrected chi connectivity index (χ2v) is 44.3. The molecule has 17 rings (SSSR count). The van der Waals surface area contributed by atoms with Crippen molar-refractivity contribution in [3.8, 4) is 6.07 Å². The van der Waals surface area contributed by atoms with Crippen LogP contribution >= 0.6 is 23.2 Å². The van der Waals surface area contributed by atoms with Crippen molar-refractivity contribution in [2.24, 2.45) is 0 Å². The average Bonchev–Trinajstić information content (AvgIpc) is 0.791. The van der Waals surface area contributed by atoms with E-state index >= 15 is 0 Å². The van der Waals surface area contributed by atoms with E-state index in [0.717, 1.165) is 51.9 Å². The number of benzene rings is 12. The zero-order valence-electron chi connectivity index (χ0n) is 76.3. The standard InChI is InChI=1S/2C22H22F2N2O2S.2C19H21ClF2N2O2S.C19H19F2N3O2S/c23-19-9-8-18(21(24)16-19)10-11-25-12-14-26(15-13-25)29(27,28)22-7-3-5-17-4-1-2-6-20(17)22;23-20-7-5-18(22(24)16-20)9-10-25-11-13-26(14-12-25)29(27,28)21-8-6-17-3-1-2-4-19(17)15-21;1-14-17(20)3-2-4-19(14)27(25,26)24-11-9-23(10-12-24)8-7-15-5-6-16(21)13-18(15)22;1-14-3-2-4-17(20)19(14)27(25,26)24-11-9-23(10-12-24)8-7-15-5-6-16(21)13-18(15)22;20-17-6-5-15(18(21)13-17)7-8-23-9-11-24(12-10-23)27(25,26)19-4-2-1-3-16(19)14-22/h1-9,16H,10-15H2;1-8,15-16H,9-14H2;2*2-6,13H,7-12H2,1H3;1-6,13H,7-12H2. The third-order valence-electron chi connectivity index (χ3n) is 25.2. The molecule has 0 unspecified atom stereocenters. The molecule has 139 heavy (non-hydrogen) atoms. The van der Waals surface area contributed by atoms with Crippen LogP contribution in [0.4, 0.5) is 43.9 Å². The Hall–Kier alpha value is -10.1. The summed E-state index contributed by atoms with van der Waals surface area (Å²) in [5, 5.41) is 13.3. The Morgan fingerprint density at radius 3 is 0.957 bits per heavy atom. The molecule has 5 heterocycles. The Kier molecular flexibility index (Phi) is 36.7. The summed E-state index contributed by atoms with van der Waals surface area (Å²) >= 11 is 12.2. The predicted molar refractivity (Wildman–Crippen MR) is 518 cm³/mol. The van der Waals surface area contributed by atoms with E-state index in [1.165, 1.54) is 94.3 Å². The minimum atomic E-state index is -3.72. The van der Waals surface area contributed by atoms with Gasteiger partial charge in [-0.1, -0.05) is 151 Å². The zero-order chi connectivity index (χ0) is 99.5. The van der Waals surface area contributed by atoms with Crippen LogP contribution in [0.3, 0.4) is 0 Å². The Morgan fingerprint density at radius 2 is 0.576 bits per heavy atom. The average molecular weight is 2050 g/mol. The summed E-state index contributed by atoms with van der Waals surface area (Å²) in [6.45, 7) is 15.5. The van der Waals surface area contributed by atoms with Crippen LogP contribution in [0.2, 0.25) is 10.0 Å². The van der Waals surface area contributed by atoms with Gasteiger partial charge in [-0.25, -0.2) is 86.0 Å². The topological polar surface area (TPSA) is 227 Å². The zero-order valence-corrected chi connectivity index (χ0v) is 81.9. The van der Waals surface area contributed by atoms with Gasteiger partial charge in [-0.05, 0) is 180 Å². The van der Waals surface area contributed by atoms with Crippen LogP contribution in [0.15, 0.2) is 261 Å². The molecule has 0 N–H and O–H groups in total. The van der Waals surface area contributed by atoms with E-state index in [4.69, 9.17) is 28.5 Å². The van der Waals surface area contributed by atoms with Crippen molar-refractivity contribution in [2.75, 3.05) is 164 Å². The first kappa shape index (κ1) is 106. The van der Waals surface area contributed by atoms with Gasteiger partial charge in [0.2, 0.25) is 50.1 Å². The molecule has 0 aromatic heterocycles. The number of hydrogen-bond acceptors (Lipinski definition) is 16. The molecule has 5 saturated heterocycles. The molecular weight excluding hydrogens is 1950 g/mol. The smallest absolute Gasteiger partial charge is 0.244 e. The summed E-state index contributed by atoms with van der Waals surface area (Å²) in [6.07, 6.45) is 2.25. The second kappa shape index (κ2) is 48.1. The van der Waals surface area contributed by atoms with Crippen LogP contribution < -0.4 is 0 Å². The predicted octanol–water partition coefficient (Wildman–Crippen LogP) is 16.7. The lowest BCUT2D eigenvalue weighted by Gasteiger charge is -2.34. The summed E-state index contributed by atoms with van der Waals surface area (Å²) in [5.74, 6) is -5.70. The summed E-state index contributed by atoms with van der Waals surface area (Å²) in [7, 11) is -18.1. The van der Waals surface area contributed by atoms with E-state index in [2.05, 4.69) is 19.6 Å². The fourth-order valence-corrected chi connectivity index (χ4v) is 25.8. The largest absolute Gasteiger partial charge is 0.300 e. The Morgan fingerprint density at radius 1 is 0.281 bits per heavy atom. The van der Waals surface area contributed by atoms with Crippen LogP contribution in [-0.2, 0) is 82.2 Å². The van der Waals surface area contributed by atoms with Crippen LogP contribution in [0, 0.1) is 83.4 Å². The van der Waals surface area contributed by atoms with Crippen LogP contribution in [0.1, 0.15) is 44.5 Å². The molecule has 38 heteroatoms. The van der Waals surface area contributed by atoms with E-state index in [0.29, 0.717) is 249 Å². The highest BCUT2D eigenvalue weighted by Gasteiger charge is 2.37. The number of nitriles is 1. The van der Waals surface area contributed by atoms with Gasteiger partial charge in [0, 0.05) is 204 Å². The molecule has 5 aliphatic rings. The minimum Gasteiger partial charge on any atom is -0.300 e. The van der Waals surface area contributed by atoms with Crippen molar-refractivity contribution < 1.29 is 86.0 Å². The monoisotopic (exact) mass is 2050 g/mol. The number of piperazine rings is 5. The molecule has 5 aliphatic heterocycles. The number of halogens is 12. The molecule has 0 radical (unpaired) electrons. The van der Waals surface area contributed by atoms with Crippen molar-refractivity contribution in [1.29, 1.82) is 5.26 Å². The molecule has 0 spiro atoms. The van der Waals surface area contributed by atoms with E-state index in [1.807, 2.05) is 71.6 Å². The van der Waals surface area contributed by atoms with Gasteiger partial charge in [0.15, 0.2) is 0 Å². The van der Waals surface area contributed by atoms with Crippen molar-refractivity contribution in [3.63, 3.8) is 0 Å². The molecule has 12 aromatic carbocycles. The molecule has 21 nitrogen and oxygen atoms in total. The quantitative estimate of drug-likeness (QED) is 0.0485. The summed E-state index contributed by atoms with van der Waals surface area (Å²) in [5.41, 5.74) is 3.60. The lowest BCUT2D eigenvalue weighted by molar-refractivity contribution is 0.189. The lowest BCUT2D eigenvalue weighted by atomic mass is 10.1. The SMILES string of the molecule is Cc1c(Cl)cccc1S(=O)(=O)N1CCN(CCc2ccc(F)cc2F)CC1.Cc1cccc(Cl)c1S(=O)(=O)N1CCN(CCc2ccc(F)cc2F)CC1.N#Cc1ccccc1S(=O)(=O)N1CCN(CCc2ccc(F)cc2F)CC1.O=S(=O)(c1ccc2ccccc2c1)N1CCN(CCc2ccc(F)cc2F)CC1.O=S(=O)(c1cccc2ccccc12)N1CCN(CCc2ccc(F)cc2F)CC1. The van der Waals surface area contributed by atoms with Gasteiger partial charge in [0.25, 0.3) is 0 Å². The number of hydrogen-bond donors (Lipinski definition) is 0. The van der Waals surface area contributed by atoms with Gasteiger partial charge >= 0.3 is 0 Å². The number of nitrogens with zero attached hydrogens (tertiary/aromatic N) is 11. The van der Waals surface area contributed by atoms with Crippen LogP contribution in [-0.4, -0.2) is 252 Å². The summed E-state index contributed by atoms with van der Waals surface area (Å²) < 4.78 is 271. The van der Waals surface area contributed by atoms with Gasteiger partial charge in [-0.15, -0.1) is 0 Å². The maximum Gasteiger partial charge on any atom is 0.244 e. The maximum atomic E-state index is 13.8. The summed E-state index contributed by atoms with van der Waals surface area (Å²) in [6, 6.07) is 61.6. The Balaban J connectivity index is 0.000000147. The van der Waals surface area contributed by atoms with Crippen LogP contribution in [0.25, 0.3) is 21.5 Å². The Bertz CT molecular complexity index is 6960. The number of aryl methyl sites for hydroxylation is 1. The second-order valence-electron chi connectivity index (χ2n) is 34.0. The van der Waals surface area contributed by atoms with Gasteiger partial charge in [0.05, 0.1) is 30.2 Å². The third kappa shape index (κ3) is 27.4. The summed E-state index contributed by atoms with van der Waals surface area (Å²) in [4.78, 5) is 11.5. The van der Waals surface area contributed by atoms with Crippen molar-refractivity contribution in [1.82, 2.24) is 46.0 Å². The highest BCUT2D eigenvalue weighted by molar-refractivity contribution is 7.90. The first-order valence-electron chi connectivity index (χ1n) is 45.2. The molecule has 738 valence electrons. The fraction of sp³-hybridized carbons (Fsp3) is 0.317. The molecule has 0 atom stereocenters. The molecular formula is C101H105Cl2F10N11O10S5. The van der Waals surface area contributed by atoms with Gasteiger partial charge in [-0.3, -0.25) is 0 Å². The molecule has 5 fully saturated rings. The van der Waals surface area contributed by atoms with Crippen molar-refractivity contribution >= 4 is 94.9 Å². The molecule has 0 amide bonds. The molecule has 0 aliphatic carbocycles. The van der Waals surface area contributed by atoms with Gasteiger partial charge in [-0.2, -0.15) is 26.8 Å². The minimum absolute atomic E-state index is 0.0225. The van der Waals surface area contributed by atoms with E-state index in [9.17, 15) is 86.0 Å². The number of sulfonamides is 5. The van der Waals surface area contributed by atoms with E-state index < -0.39 is 108 Å². The Labute approximate surface area is 815 Å². The van der Waals surface area contributed by atoms with E-state index in [-0.39, 0.29) is 25.3 Å². The highest BCUT2D eigenvalue weighted by Crippen LogP contribution is 2.33. The van der Waals surface area contributed by atoms with Gasteiger partial charge < -0.3 is 24.5 Å². The molecule has 12 aromatic rings. The highest BCUT2D eigenvalue weighted by atomic mass is 35.5. The van der Waals surface area contributed by atoms with E-state index in [1.54, 1.807) is 86.6 Å². The maximum absolute atomic E-state index is 13.8. The first-order chi connectivity index (χ1) is 66.4. The van der Waals surface area contributed by atoms with Crippen molar-refractivity contribution in [2.45, 2.75) is 70.4 Å². The third-order valence-corrected chi connectivity index (χ3v) is 36.0. The number of fused-ring (bicyclic) bond motifs is 2. The van der Waals surface area contributed by atoms with Crippen LogP contribution in [0.5, 0.6) is 0 Å². The number of rotatable bonds is 25. The van der Waals surface area contributed by atoms with Crippen molar-refractivity contribution in [3.05, 3.63) is 349 Å². The molecule has 0 saturated carbocycles. The van der Waals surface area contributed by atoms with Gasteiger partial charge in [0.1, 0.15) is 69.1 Å². The first-order valence-corrected chi connectivity index (χ1v) is 53.1.